The number of methoxy groups -OCH3 is 2. The number of nitrogens with one attached hydrogen (secondary N) is 1. The summed E-state index contributed by atoms with van der Waals surface area (Å²) in [5.41, 5.74) is 2.32. The van der Waals surface area contributed by atoms with E-state index in [-0.39, 0.29) is 0 Å². The van der Waals surface area contributed by atoms with E-state index in [0.717, 1.165) is 31.7 Å². The normalized spacial score (nSPS) is 18.4. The molecule has 0 amide bonds. The van der Waals surface area contributed by atoms with Gasteiger partial charge in [-0.15, -0.1) is 0 Å². The highest BCUT2D eigenvalue weighted by molar-refractivity contribution is 6.32. The third-order valence-electron chi connectivity index (χ3n) is 4.30. The van der Waals surface area contributed by atoms with Gasteiger partial charge in [0, 0.05) is 44.6 Å². The van der Waals surface area contributed by atoms with Gasteiger partial charge >= 0.3 is 0 Å². The summed E-state index contributed by atoms with van der Waals surface area (Å²) in [4.78, 5) is 6.69. The van der Waals surface area contributed by atoms with Crippen LogP contribution in [0.5, 0.6) is 11.5 Å². The van der Waals surface area contributed by atoms with Crippen molar-refractivity contribution in [3.8, 4) is 11.5 Å². The number of pyridine rings is 1. The Morgan fingerprint density at radius 3 is 2.92 bits per heavy atom. The van der Waals surface area contributed by atoms with E-state index in [1.807, 2.05) is 24.4 Å². The summed E-state index contributed by atoms with van der Waals surface area (Å²) in [6.07, 6.45) is 3.74. The minimum Gasteiger partial charge on any atom is -0.493 e. The van der Waals surface area contributed by atoms with Gasteiger partial charge in [-0.3, -0.25) is 9.88 Å². The summed E-state index contributed by atoms with van der Waals surface area (Å²) >= 11 is 6.34. The highest BCUT2D eigenvalue weighted by atomic mass is 35.5. The fraction of sp³-hybridized carbons (Fsp3) is 0.389. The molecule has 6 heteroatoms. The maximum Gasteiger partial charge on any atom is 0.179 e. The number of piperazine rings is 1. The number of nitrogens with zero attached hydrogens (tertiary/aromatic N) is 2. The van der Waals surface area contributed by atoms with Crippen LogP contribution in [-0.2, 0) is 6.54 Å². The van der Waals surface area contributed by atoms with Crippen LogP contribution in [0.25, 0.3) is 0 Å². The van der Waals surface area contributed by atoms with E-state index in [9.17, 15) is 0 Å². The van der Waals surface area contributed by atoms with E-state index in [1.54, 1.807) is 20.4 Å². The summed E-state index contributed by atoms with van der Waals surface area (Å²) < 4.78 is 10.7. The van der Waals surface area contributed by atoms with Crippen molar-refractivity contribution >= 4 is 11.6 Å². The maximum absolute atomic E-state index is 6.34. The van der Waals surface area contributed by atoms with Crippen LogP contribution < -0.4 is 14.8 Å². The van der Waals surface area contributed by atoms with Crippen LogP contribution in [0.1, 0.15) is 17.2 Å². The van der Waals surface area contributed by atoms with Crippen molar-refractivity contribution in [2.24, 2.45) is 0 Å². The molecule has 2 aromatic rings. The molecule has 1 aliphatic heterocycles. The van der Waals surface area contributed by atoms with Gasteiger partial charge in [0.1, 0.15) is 0 Å². The third kappa shape index (κ3) is 3.64. The summed E-state index contributed by atoms with van der Waals surface area (Å²) in [7, 11) is 3.22. The Balaban J connectivity index is 1.84. The molecule has 24 heavy (non-hydrogen) atoms. The predicted molar refractivity (Wildman–Crippen MR) is 94.8 cm³/mol. The minimum absolute atomic E-state index is 0.291. The van der Waals surface area contributed by atoms with Crippen LogP contribution in [-0.4, -0.2) is 43.7 Å². The van der Waals surface area contributed by atoms with Crippen molar-refractivity contribution in [3.05, 3.63) is 52.8 Å². The Morgan fingerprint density at radius 1 is 1.33 bits per heavy atom. The van der Waals surface area contributed by atoms with Gasteiger partial charge in [0.15, 0.2) is 11.5 Å². The molecule has 1 unspecified atom stereocenters. The quantitative estimate of drug-likeness (QED) is 0.901. The lowest BCUT2D eigenvalue weighted by atomic mass is 10.0. The van der Waals surface area contributed by atoms with Crippen molar-refractivity contribution in [1.82, 2.24) is 15.2 Å². The number of rotatable bonds is 5. The van der Waals surface area contributed by atoms with Gasteiger partial charge in [0.2, 0.25) is 0 Å². The SMILES string of the molecule is COc1cc(CN2CCNCC2c2cccnc2)cc(Cl)c1OC. The number of hydrogen-bond donors (Lipinski definition) is 1. The van der Waals surface area contributed by atoms with Crippen molar-refractivity contribution in [2.45, 2.75) is 12.6 Å². The molecule has 0 saturated carbocycles. The van der Waals surface area contributed by atoms with E-state index < -0.39 is 0 Å². The van der Waals surface area contributed by atoms with Gasteiger partial charge in [0.05, 0.1) is 19.2 Å². The molecule has 0 radical (unpaired) electrons. The van der Waals surface area contributed by atoms with E-state index in [4.69, 9.17) is 21.1 Å². The van der Waals surface area contributed by atoms with Gasteiger partial charge in [-0.05, 0) is 29.3 Å². The zero-order valence-corrected chi connectivity index (χ0v) is 14.7. The van der Waals surface area contributed by atoms with E-state index in [1.165, 1.54) is 5.56 Å². The number of aromatic nitrogens is 1. The van der Waals surface area contributed by atoms with E-state index in [2.05, 4.69) is 21.3 Å². The van der Waals surface area contributed by atoms with Gasteiger partial charge < -0.3 is 14.8 Å². The Hall–Kier alpha value is -1.82. The summed E-state index contributed by atoms with van der Waals surface area (Å²) in [5, 5.41) is 4.03. The lowest BCUT2D eigenvalue weighted by Crippen LogP contribution is -2.45. The Bertz CT molecular complexity index is 681. The third-order valence-corrected chi connectivity index (χ3v) is 4.58. The van der Waals surface area contributed by atoms with Gasteiger partial charge in [-0.1, -0.05) is 17.7 Å². The fourth-order valence-electron chi connectivity index (χ4n) is 3.13. The Labute approximate surface area is 147 Å². The van der Waals surface area contributed by atoms with Crippen molar-refractivity contribution in [3.63, 3.8) is 0 Å². The first-order chi connectivity index (χ1) is 11.7. The molecule has 0 bridgehead atoms. The molecular weight excluding hydrogens is 326 g/mol. The van der Waals surface area contributed by atoms with Crippen molar-refractivity contribution in [2.75, 3.05) is 33.9 Å². The van der Waals surface area contributed by atoms with Crippen LogP contribution in [0.15, 0.2) is 36.7 Å². The van der Waals surface area contributed by atoms with Gasteiger partial charge in [0.25, 0.3) is 0 Å². The number of benzene rings is 1. The highest BCUT2D eigenvalue weighted by Crippen LogP contribution is 2.37. The predicted octanol–water partition coefficient (Wildman–Crippen LogP) is 2.90. The second-order valence-corrected chi connectivity index (χ2v) is 6.20. The fourth-order valence-corrected chi connectivity index (χ4v) is 3.44. The molecule has 1 aromatic heterocycles. The molecule has 128 valence electrons. The average molecular weight is 348 g/mol. The molecule has 0 spiro atoms. The molecule has 2 heterocycles. The van der Waals surface area contributed by atoms with Gasteiger partial charge in [-0.25, -0.2) is 0 Å². The zero-order chi connectivity index (χ0) is 16.9. The topological polar surface area (TPSA) is 46.6 Å². The lowest BCUT2D eigenvalue weighted by Gasteiger charge is -2.36. The first-order valence-electron chi connectivity index (χ1n) is 7.98. The first kappa shape index (κ1) is 17.0. The number of ether oxygens (including phenoxy) is 2. The smallest absolute Gasteiger partial charge is 0.179 e. The molecule has 5 nitrogen and oxygen atoms in total. The first-order valence-corrected chi connectivity index (χ1v) is 8.36. The van der Waals surface area contributed by atoms with Crippen LogP contribution in [0, 0.1) is 0 Å². The van der Waals surface area contributed by atoms with Gasteiger partial charge in [-0.2, -0.15) is 0 Å². The van der Waals surface area contributed by atoms with Crippen LogP contribution in [0.2, 0.25) is 5.02 Å². The summed E-state index contributed by atoms with van der Waals surface area (Å²) in [5.74, 6) is 1.24. The molecule has 1 saturated heterocycles. The standard InChI is InChI=1S/C18H22ClN3O2/c1-23-17-9-13(8-15(19)18(17)24-2)12-22-7-6-21-11-16(22)14-4-3-5-20-10-14/h3-5,8-10,16,21H,6-7,11-12H2,1-2H3. The monoisotopic (exact) mass is 347 g/mol. The molecule has 1 aromatic carbocycles. The second kappa shape index (κ2) is 7.83. The van der Waals surface area contributed by atoms with E-state index in [0.29, 0.717) is 22.6 Å². The largest absolute Gasteiger partial charge is 0.493 e. The molecule has 1 atom stereocenters. The molecule has 1 fully saturated rings. The Kier molecular flexibility index (Phi) is 5.56. The van der Waals surface area contributed by atoms with Crippen LogP contribution >= 0.6 is 11.6 Å². The van der Waals surface area contributed by atoms with Crippen molar-refractivity contribution in [1.29, 1.82) is 0 Å². The van der Waals surface area contributed by atoms with Crippen LogP contribution in [0.3, 0.4) is 0 Å². The number of halogens is 1. The molecule has 3 rings (SSSR count). The minimum atomic E-state index is 0.291. The highest BCUT2D eigenvalue weighted by Gasteiger charge is 2.24. The summed E-state index contributed by atoms with van der Waals surface area (Å²) in [6, 6.07) is 8.34. The molecular formula is C18H22ClN3O2. The second-order valence-electron chi connectivity index (χ2n) is 5.79. The number of hydrogen-bond acceptors (Lipinski definition) is 5. The maximum atomic E-state index is 6.34. The lowest BCUT2D eigenvalue weighted by molar-refractivity contribution is 0.153. The zero-order valence-electron chi connectivity index (χ0n) is 14.0. The molecule has 0 aliphatic carbocycles. The average Bonchev–Trinajstić information content (AvgIpc) is 2.62. The Morgan fingerprint density at radius 2 is 2.21 bits per heavy atom. The molecule has 1 aliphatic rings. The molecule has 1 N–H and O–H groups in total. The summed E-state index contributed by atoms with van der Waals surface area (Å²) in [6.45, 7) is 3.64. The van der Waals surface area contributed by atoms with Crippen molar-refractivity contribution < 1.29 is 9.47 Å². The van der Waals surface area contributed by atoms with E-state index >= 15 is 0 Å². The van der Waals surface area contributed by atoms with Crippen LogP contribution in [0.4, 0.5) is 0 Å².